The molecule has 1 aliphatic heterocycles. The maximum Gasteiger partial charge on any atom is 0.417 e. The normalized spacial score (nSPS) is 24.3. The van der Waals surface area contributed by atoms with E-state index in [2.05, 4.69) is 26.0 Å². The second-order valence-corrected chi connectivity index (χ2v) is 4.84. The van der Waals surface area contributed by atoms with Crippen molar-refractivity contribution >= 4 is 6.09 Å². The van der Waals surface area contributed by atoms with Crippen molar-refractivity contribution in [1.82, 2.24) is 4.90 Å². The summed E-state index contributed by atoms with van der Waals surface area (Å²) in [7, 11) is 0. The zero-order chi connectivity index (χ0) is 11.1. The predicted octanol–water partition coefficient (Wildman–Crippen LogP) is 2.90. The molecule has 0 aromatic rings. The lowest BCUT2D eigenvalue weighted by Crippen LogP contribution is -2.24. The van der Waals surface area contributed by atoms with Gasteiger partial charge in [-0.1, -0.05) is 26.0 Å². The zero-order valence-electron chi connectivity index (χ0n) is 9.49. The van der Waals surface area contributed by atoms with E-state index in [0.717, 1.165) is 6.42 Å². The van der Waals surface area contributed by atoms with E-state index in [1.807, 2.05) is 12.4 Å². The molecule has 3 heteroatoms. The molecule has 0 N–H and O–H groups in total. The Morgan fingerprint density at radius 2 is 1.93 bits per heavy atom. The maximum absolute atomic E-state index is 11.4. The first kappa shape index (κ1) is 10.3. The van der Waals surface area contributed by atoms with Gasteiger partial charge in [-0.3, -0.25) is 4.90 Å². The van der Waals surface area contributed by atoms with Gasteiger partial charge >= 0.3 is 6.09 Å². The number of rotatable bonds is 1. The van der Waals surface area contributed by atoms with Crippen LogP contribution in [0.4, 0.5) is 4.79 Å². The molecule has 0 saturated heterocycles. The summed E-state index contributed by atoms with van der Waals surface area (Å²) in [5.74, 6) is 0. The van der Waals surface area contributed by atoms with Gasteiger partial charge in [0.05, 0.1) is 6.61 Å². The molecule has 82 valence electrons. The van der Waals surface area contributed by atoms with Gasteiger partial charge in [0.15, 0.2) is 0 Å². The highest BCUT2D eigenvalue weighted by Gasteiger charge is 2.58. The average Bonchev–Trinajstić information content (AvgIpc) is 2.69. The number of carbonyl (C=O) groups is 1. The van der Waals surface area contributed by atoms with Gasteiger partial charge in [-0.25, -0.2) is 4.79 Å². The average molecular weight is 207 g/mol. The van der Waals surface area contributed by atoms with Crippen molar-refractivity contribution in [2.24, 2.45) is 10.8 Å². The van der Waals surface area contributed by atoms with E-state index < -0.39 is 0 Å². The van der Waals surface area contributed by atoms with E-state index in [9.17, 15) is 4.79 Å². The van der Waals surface area contributed by atoms with Crippen molar-refractivity contribution < 1.29 is 9.53 Å². The molecule has 1 spiro atoms. The first-order chi connectivity index (χ1) is 7.01. The van der Waals surface area contributed by atoms with Crippen molar-refractivity contribution in [3.05, 3.63) is 24.6 Å². The molecular formula is C12H17NO2. The van der Waals surface area contributed by atoms with Crippen molar-refractivity contribution in [3.8, 4) is 0 Å². The quantitative estimate of drug-likeness (QED) is 0.661. The monoisotopic (exact) mass is 207 g/mol. The zero-order valence-corrected chi connectivity index (χ0v) is 9.49. The molecule has 0 aromatic carbocycles. The molecule has 1 saturated carbocycles. The van der Waals surface area contributed by atoms with Crippen molar-refractivity contribution in [2.45, 2.75) is 27.2 Å². The standard InChI is InChI=1S/C12H17NO2/c1-4-15-10(14)13-7-5-12(6-8-13)9-11(12,2)3/h5-8H,4,9H2,1-3H3. The minimum Gasteiger partial charge on any atom is -0.449 e. The van der Waals surface area contributed by atoms with Crippen LogP contribution in [0.25, 0.3) is 0 Å². The lowest BCUT2D eigenvalue weighted by molar-refractivity contribution is 0.132. The third-order valence-electron chi connectivity index (χ3n) is 3.41. The lowest BCUT2D eigenvalue weighted by Gasteiger charge is -2.21. The van der Waals surface area contributed by atoms with Gasteiger partial charge in [-0.05, 0) is 18.8 Å². The van der Waals surface area contributed by atoms with E-state index in [1.165, 1.54) is 4.90 Å². The highest BCUT2D eigenvalue weighted by atomic mass is 16.5. The number of allylic oxidation sites excluding steroid dienone is 2. The number of amides is 1. The molecule has 3 nitrogen and oxygen atoms in total. The predicted molar refractivity (Wildman–Crippen MR) is 58.0 cm³/mol. The Labute approximate surface area is 90.4 Å². The van der Waals surface area contributed by atoms with Crippen LogP contribution >= 0.6 is 0 Å². The van der Waals surface area contributed by atoms with Crippen molar-refractivity contribution in [1.29, 1.82) is 0 Å². The molecule has 1 amide bonds. The highest BCUT2D eigenvalue weighted by Crippen LogP contribution is 2.66. The van der Waals surface area contributed by atoms with E-state index in [4.69, 9.17) is 4.74 Å². The van der Waals surface area contributed by atoms with Crippen LogP contribution in [0.5, 0.6) is 0 Å². The van der Waals surface area contributed by atoms with Crippen LogP contribution in [-0.4, -0.2) is 17.6 Å². The Hall–Kier alpha value is -1.25. The summed E-state index contributed by atoms with van der Waals surface area (Å²) in [6.07, 6.45) is 8.68. The summed E-state index contributed by atoms with van der Waals surface area (Å²) in [5.41, 5.74) is 0.511. The molecule has 0 unspecified atom stereocenters. The Bertz CT molecular complexity index is 328. The topological polar surface area (TPSA) is 29.5 Å². The summed E-state index contributed by atoms with van der Waals surface area (Å²) in [6, 6.07) is 0. The van der Waals surface area contributed by atoms with Crippen LogP contribution in [0.2, 0.25) is 0 Å². The SMILES string of the molecule is CCOC(=O)N1C=CC2(C=C1)CC2(C)C. The molecule has 0 radical (unpaired) electrons. The lowest BCUT2D eigenvalue weighted by atomic mass is 9.94. The maximum atomic E-state index is 11.4. The molecule has 2 aliphatic rings. The molecule has 2 rings (SSSR count). The molecule has 1 heterocycles. The van der Waals surface area contributed by atoms with Gasteiger partial charge in [-0.15, -0.1) is 0 Å². The van der Waals surface area contributed by atoms with Gasteiger partial charge in [-0.2, -0.15) is 0 Å². The third-order valence-corrected chi connectivity index (χ3v) is 3.41. The van der Waals surface area contributed by atoms with E-state index in [1.54, 1.807) is 6.92 Å². The van der Waals surface area contributed by atoms with E-state index >= 15 is 0 Å². The Morgan fingerprint density at radius 3 is 2.33 bits per heavy atom. The molecule has 0 bridgehead atoms. The van der Waals surface area contributed by atoms with Gasteiger partial charge in [0.25, 0.3) is 0 Å². The van der Waals surface area contributed by atoms with E-state index in [0.29, 0.717) is 12.0 Å². The van der Waals surface area contributed by atoms with Crippen LogP contribution in [0, 0.1) is 10.8 Å². The second kappa shape index (κ2) is 3.12. The van der Waals surface area contributed by atoms with Crippen LogP contribution in [0.3, 0.4) is 0 Å². The second-order valence-electron chi connectivity index (χ2n) is 4.84. The number of hydrogen-bond acceptors (Lipinski definition) is 2. The number of ether oxygens (including phenoxy) is 1. The molecule has 0 aromatic heterocycles. The first-order valence-corrected chi connectivity index (χ1v) is 5.35. The molecule has 15 heavy (non-hydrogen) atoms. The smallest absolute Gasteiger partial charge is 0.417 e. The molecule has 0 atom stereocenters. The fourth-order valence-electron chi connectivity index (χ4n) is 2.11. The summed E-state index contributed by atoms with van der Waals surface area (Å²) in [4.78, 5) is 12.9. The van der Waals surface area contributed by atoms with E-state index in [-0.39, 0.29) is 11.5 Å². The van der Waals surface area contributed by atoms with Crippen molar-refractivity contribution in [2.75, 3.05) is 6.61 Å². The van der Waals surface area contributed by atoms with Gasteiger partial charge < -0.3 is 4.74 Å². The number of nitrogens with zero attached hydrogens (tertiary/aromatic N) is 1. The molecular weight excluding hydrogens is 190 g/mol. The van der Waals surface area contributed by atoms with Crippen LogP contribution in [0.15, 0.2) is 24.6 Å². The Kier molecular flexibility index (Phi) is 2.14. The highest BCUT2D eigenvalue weighted by molar-refractivity contribution is 5.70. The third kappa shape index (κ3) is 1.56. The van der Waals surface area contributed by atoms with Gasteiger partial charge in [0.2, 0.25) is 0 Å². The van der Waals surface area contributed by atoms with Crippen molar-refractivity contribution in [3.63, 3.8) is 0 Å². The van der Waals surface area contributed by atoms with Crippen LogP contribution < -0.4 is 0 Å². The summed E-state index contributed by atoms with van der Waals surface area (Å²) >= 11 is 0. The Balaban J connectivity index is 2.03. The molecule has 1 aliphatic carbocycles. The first-order valence-electron chi connectivity index (χ1n) is 5.35. The summed E-state index contributed by atoms with van der Waals surface area (Å²) < 4.78 is 4.91. The molecule has 1 fully saturated rings. The minimum atomic E-state index is -0.307. The largest absolute Gasteiger partial charge is 0.449 e. The summed E-state index contributed by atoms with van der Waals surface area (Å²) in [5, 5.41) is 0. The van der Waals surface area contributed by atoms with Gasteiger partial charge in [0.1, 0.15) is 0 Å². The Morgan fingerprint density at radius 1 is 1.40 bits per heavy atom. The fourth-order valence-corrected chi connectivity index (χ4v) is 2.11. The number of hydrogen-bond donors (Lipinski definition) is 0. The minimum absolute atomic E-state index is 0.177. The summed E-state index contributed by atoms with van der Waals surface area (Å²) in [6.45, 7) is 6.69. The number of carbonyl (C=O) groups excluding carboxylic acids is 1. The fraction of sp³-hybridized carbons (Fsp3) is 0.583. The van der Waals surface area contributed by atoms with Crippen LogP contribution in [-0.2, 0) is 4.74 Å². The van der Waals surface area contributed by atoms with Crippen LogP contribution in [0.1, 0.15) is 27.2 Å². The van der Waals surface area contributed by atoms with Gasteiger partial charge in [0, 0.05) is 17.8 Å².